The van der Waals surface area contributed by atoms with E-state index in [9.17, 15) is 21.6 Å². The molecule has 0 radical (unpaired) electrons. The number of hydrogen-bond donors (Lipinski definition) is 0. The average molecular weight is 468 g/mol. The zero-order valence-corrected chi connectivity index (χ0v) is 18.1. The molecule has 0 spiro atoms. The van der Waals surface area contributed by atoms with Crippen LogP contribution >= 0.6 is 0 Å². The number of hydrogen-bond acceptors (Lipinski definition) is 7. The summed E-state index contributed by atoms with van der Waals surface area (Å²) in [6.45, 7) is 3.48. The van der Waals surface area contributed by atoms with Gasteiger partial charge in [0.15, 0.2) is 21.5 Å². The number of sulfone groups is 1. The van der Waals surface area contributed by atoms with Gasteiger partial charge in [-0.25, -0.2) is 8.42 Å². The molecule has 3 heterocycles. The predicted octanol–water partition coefficient (Wildman–Crippen LogP) is 3.53. The summed E-state index contributed by atoms with van der Waals surface area (Å²) in [4.78, 5) is 8.25. The number of alkyl halides is 3. The Morgan fingerprint density at radius 3 is 2.53 bits per heavy atom. The highest BCUT2D eigenvalue weighted by Gasteiger charge is 2.34. The third-order valence-corrected chi connectivity index (χ3v) is 6.65. The Bertz CT molecular complexity index is 1240. The van der Waals surface area contributed by atoms with Gasteiger partial charge in [0, 0.05) is 24.7 Å². The molecular weight excluding hydrogens is 449 g/mol. The number of allylic oxidation sites excluding steroid dienone is 1. The Morgan fingerprint density at radius 2 is 1.94 bits per heavy atom. The van der Waals surface area contributed by atoms with Crippen molar-refractivity contribution < 1.29 is 21.6 Å². The van der Waals surface area contributed by atoms with Crippen LogP contribution in [-0.2, 0) is 23.1 Å². The minimum atomic E-state index is -4.57. The van der Waals surface area contributed by atoms with Crippen LogP contribution in [-0.4, -0.2) is 51.5 Å². The molecule has 0 aliphatic carbocycles. The summed E-state index contributed by atoms with van der Waals surface area (Å²) < 4.78 is 66.3. The lowest BCUT2D eigenvalue weighted by Gasteiger charge is -2.33. The maximum absolute atomic E-state index is 13.1. The van der Waals surface area contributed by atoms with Crippen molar-refractivity contribution in [2.24, 2.45) is 12.2 Å². The van der Waals surface area contributed by atoms with E-state index in [1.54, 1.807) is 6.92 Å². The Labute approximate surface area is 181 Å². The molecule has 0 amide bonds. The maximum Gasteiger partial charge on any atom is 0.416 e. The zero-order chi connectivity index (χ0) is 23.7. The highest BCUT2D eigenvalue weighted by Crippen LogP contribution is 2.35. The third-order valence-electron chi connectivity index (χ3n) is 4.89. The smallest absolute Gasteiger partial charge is 0.355 e. The van der Waals surface area contributed by atoms with Crippen LogP contribution in [0.5, 0.6) is 0 Å². The van der Waals surface area contributed by atoms with E-state index in [0.29, 0.717) is 0 Å². The minimum Gasteiger partial charge on any atom is -0.355 e. The molecule has 0 bridgehead atoms. The lowest BCUT2D eigenvalue weighted by molar-refractivity contribution is -0.137. The van der Waals surface area contributed by atoms with Gasteiger partial charge in [0.2, 0.25) is 0 Å². The first-order valence-corrected chi connectivity index (χ1v) is 11.1. The Kier molecular flexibility index (Phi) is 6.28. The van der Waals surface area contributed by atoms with E-state index in [2.05, 4.69) is 25.2 Å². The second kappa shape index (κ2) is 8.63. The number of pyridine rings is 1. The van der Waals surface area contributed by atoms with Gasteiger partial charge < -0.3 is 9.47 Å². The van der Waals surface area contributed by atoms with Crippen molar-refractivity contribution >= 4 is 15.5 Å². The lowest BCUT2D eigenvalue weighted by Crippen LogP contribution is -2.35. The first-order valence-electron chi connectivity index (χ1n) is 9.44. The van der Waals surface area contributed by atoms with Crippen LogP contribution in [0.3, 0.4) is 0 Å². The summed E-state index contributed by atoms with van der Waals surface area (Å²) in [6, 6.07) is 1.68. The molecule has 14 heteroatoms. The summed E-state index contributed by atoms with van der Waals surface area (Å²) in [5, 5.41) is 11.7. The molecule has 1 aliphatic heterocycles. The molecule has 2 aromatic rings. The molecule has 170 valence electrons. The van der Waals surface area contributed by atoms with Crippen molar-refractivity contribution in [3.05, 3.63) is 57.2 Å². The van der Waals surface area contributed by atoms with Crippen molar-refractivity contribution in [3.8, 4) is 11.5 Å². The molecule has 32 heavy (non-hydrogen) atoms. The fraction of sp³-hybridized carbons (Fsp3) is 0.389. The molecule has 0 saturated heterocycles. The van der Waals surface area contributed by atoms with Gasteiger partial charge in [-0.15, -0.1) is 10.2 Å². The normalized spacial score (nSPS) is 16.9. The second-order valence-electron chi connectivity index (χ2n) is 6.71. The molecule has 3 rings (SSSR count). The van der Waals surface area contributed by atoms with E-state index in [1.807, 2.05) is 0 Å². The van der Waals surface area contributed by atoms with Gasteiger partial charge in [-0.05, 0) is 30.7 Å². The van der Waals surface area contributed by atoms with E-state index in [4.69, 9.17) is 5.53 Å². The van der Waals surface area contributed by atoms with Crippen LogP contribution in [0.15, 0.2) is 40.5 Å². The van der Waals surface area contributed by atoms with Crippen LogP contribution in [0.4, 0.5) is 13.2 Å². The number of aromatic nitrogens is 4. The lowest BCUT2D eigenvalue weighted by atomic mass is 10.2. The standard InChI is InChI=1S/C18H19F3N8O2S/c1-4-29-14(24-27-22)7-6-13(32(30,31)5-2)15(29)17-26-25-16(28(17)3)12-10-11(8-9-23-12)18(19,20)21/h6-10,14H,4-5H2,1-3H3. The number of azide groups is 1. The Hall–Kier alpha value is -3.38. The fourth-order valence-corrected chi connectivity index (χ4v) is 4.36. The topological polar surface area (TPSA) is 130 Å². The van der Waals surface area contributed by atoms with Crippen LogP contribution in [0.2, 0.25) is 0 Å². The van der Waals surface area contributed by atoms with Crippen molar-refractivity contribution in [1.29, 1.82) is 0 Å². The second-order valence-corrected chi connectivity index (χ2v) is 8.96. The Balaban J connectivity index is 2.24. The summed E-state index contributed by atoms with van der Waals surface area (Å²) in [5.74, 6) is -0.104. The van der Waals surface area contributed by atoms with Crippen LogP contribution in [0, 0.1) is 0 Å². The molecule has 0 aromatic carbocycles. The monoisotopic (exact) mass is 468 g/mol. The van der Waals surface area contributed by atoms with Gasteiger partial charge in [-0.1, -0.05) is 18.1 Å². The quantitative estimate of drug-likeness (QED) is 0.362. The van der Waals surface area contributed by atoms with E-state index >= 15 is 0 Å². The van der Waals surface area contributed by atoms with Crippen molar-refractivity contribution in [2.75, 3.05) is 12.3 Å². The molecular formula is C18H19F3N8O2S. The number of halogens is 3. The van der Waals surface area contributed by atoms with Gasteiger partial charge in [0.05, 0.1) is 16.2 Å². The van der Waals surface area contributed by atoms with E-state index in [1.165, 1.54) is 35.6 Å². The van der Waals surface area contributed by atoms with Crippen molar-refractivity contribution in [2.45, 2.75) is 26.2 Å². The van der Waals surface area contributed by atoms with E-state index in [0.717, 1.165) is 18.3 Å². The Morgan fingerprint density at radius 1 is 1.25 bits per heavy atom. The third kappa shape index (κ3) is 4.18. The molecule has 0 fully saturated rings. The predicted molar refractivity (Wildman–Crippen MR) is 110 cm³/mol. The minimum absolute atomic E-state index is 0.0118. The summed E-state index contributed by atoms with van der Waals surface area (Å²) in [5.41, 5.74) is 8.05. The summed E-state index contributed by atoms with van der Waals surface area (Å²) in [6.07, 6.45) is -1.57. The SMILES string of the molecule is CCN1C(c2nnc(-c3cc(C(F)(F)F)ccn3)n2C)=C(S(=O)(=O)CC)C=CC1N=[N+]=[N-]. The number of nitrogens with zero attached hydrogens (tertiary/aromatic N) is 8. The van der Waals surface area contributed by atoms with Gasteiger partial charge in [-0.2, -0.15) is 13.2 Å². The first kappa shape index (κ1) is 23.3. The summed E-state index contributed by atoms with van der Waals surface area (Å²) >= 11 is 0. The largest absolute Gasteiger partial charge is 0.416 e. The van der Waals surface area contributed by atoms with Gasteiger partial charge >= 0.3 is 6.18 Å². The maximum atomic E-state index is 13.1. The molecule has 0 saturated carbocycles. The molecule has 1 unspecified atom stereocenters. The first-order chi connectivity index (χ1) is 15.0. The van der Waals surface area contributed by atoms with Crippen LogP contribution < -0.4 is 0 Å². The summed E-state index contributed by atoms with van der Waals surface area (Å²) in [7, 11) is -2.24. The van der Waals surface area contributed by atoms with Crippen LogP contribution in [0.1, 0.15) is 25.2 Å². The van der Waals surface area contributed by atoms with E-state index < -0.39 is 27.7 Å². The van der Waals surface area contributed by atoms with Crippen molar-refractivity contribution in [3.63, 3.8) is 0 Å². The highest BCUT2D eigenvalue weighted by atomic mass is 32.2. The number of likely N-dealkylation sites (N-methyl/N-ethyl adjacent to an activating group) is 1. The fourth-order valence-electron chi connectivity index (χ4n) is 3.26. The highest BCUT2D eigenvalue weighted by molar-refractivity contribution is 7.95. The molecule has 1 atom stereocenters. The van der Waals surface area contributed by atoms with Gasteiger partial charge in [-0.3, -0.25) is 4.98 Å². The molecule has 1 aliphatic rings. The van der Waals surface area contributed by atoms with E-state index in [-0.39, 0.29) is 40.2 Å². The van der Waals surface area contributed by atoms with Gasteiger partial charge in [0.1, 0.15) is 17.6 Å². The van der Waals surface area contributed by atoms with Gasteiger partial charge in [0.25, 0.3) is 0 Å². The zero-order valence-electron chi connectivity index (χ0n) is 17.3. The molecule has 0 N–H and O–H groups in total. The number of rotatable bonds is 6. The van der Waals surface area contributed by atoms with Crippen LogP contribution in [0.25, 0.3) is 27.7 Å². The van der Waals surface area contributed by atoms with Crippen molar-refractivity contribution in [1.82, 2.24) is 24.6 Å². The average Bonchev–Trinajstić information content (AvgIpc) is 3.13. The molecule has 2 aromatic heterocycles. The molecule has 10 nitrogen and oxygen atoms in total.